The first-order valence-electron chi connectivity index (χ1n) is 7.41. The van der Waals surface area contributed by atoms with Gasteiger partial charge in [-0.2, -0.15) is 5.26 Å². The molecule has 1 atom stereocenters. The van der Waals surface area contributed by atoms with Gasteiger partial charge < -0.3 is 9.47 Å². The zero-order valence-electron chi connectivity index (χ0n) is 12.9. The van der Waals surface area contributed by atoms with E-state index in [1.165, 1.54) is 0 Å². The standard InChI is InChI=1S/C18H18N2O3/c1-14(23-17-8-6-15(12-19)7-9-17)18(21)22-11-3-5-16-4-2-10-20-13-16/h2,4,6-10,13-14H,3,5,11H2,1H3. The van der Waals surface area contributed by atoms with Gasteiger partial charge in [0, 0.05) is 12.4 Å². The van der Waals surface area contributed by atoms with E-state index in [1.807, 2.05) is 18.2 Å². The minimum absolute atomic E-state index is 0.342. The number of benzene rings is 1. The van der Waals surface area contributed by atoms with Crippen molar-refractivity contribution in [1.29, 1.82) is 5.26 Å². The molecule has 0 bridgehead atoms. The van der Waals surface area contributed by atoms with Gasteiger partial charge in [-0.05, 0) is 55.7 Å². The van der Waals surface area contributed by atoms with E-state index in [0.717, 1.165) is 18.4 Å². The topological polar surface area (TPSA) is 72.2 Å². The van der Waals surface area contributed by atoms with Gasteiger partial charge in [0.05, 0.1) is 18.2 Å². The number of carbonyl (C=O) groups is 1. The highest BCUT2D eigenvalue weighted by Gasteiger charge is 2.16. The summed E-state index contributed by atoms with van der Waals surface area (Å²) in [4.78, 5) is 15.9. The Balaban J connectivity index is 1.71. The Morgan fingerprint density at radius 1 is 1.30 bits per heavy atom. The maximum Gasteiger partial charge on any atom is 0.347 e. The van der Waals surface area contributed by atoms with E-state index in [4.69, 9.17) is 14.7 Å². The molecule has 0 aliphatic carbocycles. The molecule has 5 heteroatoms. The number of aromatic nitrogens is 1. The lowest BCUT2D eigenvalue weighted by atomic mass is 10.2. The second-order valence-corrected chi connectivity index (χ2v) is 5.03. The molecule has 0 saturated carbocycles. The molecule has 0 spiro atoms. The number of hydrogen-bond acceptors (Lipinski definition) is 5. The number of carbonyl (C=O) groups excluding carboxylic acids is 1. The summed E-state index contributed by atoms with van der Waals surface area (Å²) >= 11 is 0. The van der Waals surface area contributed by atoms with E-state index in [9.17, 15) is 4.79 Å². The normalized spacial score (nSPS) is 11.3. The Hall–Kier alpha value is -2.87. The molecule has 1 unspecified atom stereocenters. The van der Waals surface area contributed by atoms with Crippen LogP contribution in [0.4, 0.5) is 0 Å². The van der Waals surface area contributed by atoms with Crippen molar-refractivity contribution in [2.75, 3.05) is 6.61 Å². The maximum atomic E-state index is 11.9. The van der Waals surface area contributed by atoms with Crippen LogP contribution in [0.25, 0.3) is 0 Å². The van der Waals surface area contributed by atoms with Crippen molar-refractivity contribution in [2.45, 2.75) is 25.9 Å². The highest BCUT2D eigenvalue weighted by molar-refractivity contribution is 5.74. The molecule has 0 radical (unpaired) electrons. The molecule has 2 rings (SSSR count). The lowest BCUT2D eigenvalue weighted by Gasteiger charge is -2.14. The first kappa shape index (κ1) is 16.5. The summed E-state index contributed by atoms with van der Waals surface area (Å²) < 4.78 is 10.7. The lowest BCUT2D eigenvalue weighted by molar-refractivity contribution is -0.151. The summed E-state index contributed by atoms with van der Waals surface area (Å²) in [6.45, 7) is 1.98. The number of rotatable bonds is 7. The summed E-state index contributed by atoms with van der Waals surface area (Å²) in [7, 11) is 0. The Kier molecular flexibility index (Phi) is 6.13. The summed E-state index contributed by atoms with van der Waals surface area (Å²) in [5.74, 6) is 0.129. The number of esters is 1. The van der Waals surface area contributed by atoms with Crippen LogP contribution >= 0.6 is 0 Å². The van der Waals surface area contributed by atoms with Crippen molar-refractivity contribution in [3.63, 3.8) is 0 Å². The Bertz CT molecular complexity index is 663. The summed E-state index contributed by atoms with van der Waals surface area (Å²) in [6, 6.07) is 12.5. The Labute approximate surface area is 135 Å². The number of nitrogens with zero attached hydrogens (tertiary/aromatic N) is 2. The van der Waals surface area contributed by atoms with Crippen molar-refractivity contribution < 1.29 is 14.3 Å². The molecule has 0 saturated heterocycles. The zero-order valence-corrected chi connectivity index (χ0v) is 12.9. The summed E-state index contributed by atoms with van der Waals surface area (Å²) in [5.41, 5.74) is 1.66. The van der Waals surface area contributed by atoms with Crippen LogP contribution in [-0.4, -0.2) is 23.7 Å². The van der Waals surface area contributed by atoms with E-state index in [0.29, 0.717) is 17.9 Å². The Morgan fingerprint density at radius 2 is 2.09 bits per heavy atom. The smallest absolute Gasteiger partial charge is 0.347 e. The van der Waals surface area contributed by atoms with E-state index in [-0.39, 0.29) is 0 Å². The second kappa shape index (κ2) is 8.54. The van der Waals surface area contributed by atoms with Crippen molar-refractivity contribution in [3.05, 3.63) is 59.9 Å². The number of nitriles is 1. The van der Waals surface area contributed by atoms with Gasteiger partial charge in [-0.1, -0.05) is 6.07 Å². The molecule has 0 N–H and O–H groups in total. The quantitative estimate of drug-likeness (QED) is 0.581. The highest BCUT2D eigenvalue weighted by atomic mass is 16.6. The van der Waals surface area contributed by atoms with E-state index >= 15 is 0 Å². The molecule has 0 aliphatic rings. The fraction of sp³-hybridized carbons (Fsp3) is 0.278. The third-order valence-electron chi connectivity index (χ3n) is 3.21. The fourth-order valence-electron chi connectivity index (χ4n) is 1.97. The third-order valence-corrected chi connectivity index (χ3v) is 3.21. The minimum Gasteiger partial charge on any atom is -0.479 e. The van der Waals surface area contributed by atoms with Gasteiger partial charge in [0.1, 0.15) is 5.75 Å². The summed E-state index contributed by atoms with van der Waals surface area (Å²) in [6.07, 6.45) is 4.39. The average molecular weight is 310 g/mol. The first-order valence-corrected chi connectivity index (χ1v) is 7.41. The molecular formula is C18H18N2O3. The van der Waals surface area contributed by atoms with Crippen LogP contribution in [0.15, 0.2) is 48.8 Å². The van der Waals surface area contributed by atoms with Gasteiger partial charge in [0.25, 0.3) is 0 Å². The SMILES string of the molecule is CC(Oc1ccc(C#N)cc1)C(=O)OCCCc1cccnc1. The lowest BCUT2D eigenvalue weighted by Crippen LogP contribution is -2.26. The van der Waals surface area contributed by atoms with Gasteiger partial charge in [0.15, 0.2) is 6.10 Å². The fourth-order valence-corrected chi connectivity index (χ4v) is 1.97. The van der Waals surface area contributed by atoms with E-state index < -0.39 is 12.1 Å². The van der Waals surface area contributed by atoms with Crippen LogP contribution in [0, 0.1) is 11.3 Å². The van der Waals surface area contributed by atoms with Crippen LogP contribution < -0.4 is 4.74 Å². The molecule has 2 aromatic rings. The molecule has 1 aromatic heterocycles. The predicted octanol–water partition coefficient (Wildman–Crippen LogP) is 2.90. The number of aryl methyl sites for hydroxylation is 1. The molecule has 1 aromatic carbocycles. The molecule has 0 amide bonds. The largest absolute Gasteiger partial charge is 0.479 e. The monoisotopic (exact) mass is 310 g/mol. The highest BCUT2D eigenvalue weighted by Crippen LogP contribution is 2.14. The second-order valence-electron chi connectivity index (χ2n) is 5.03. The van der Waals surface area contributed by atoms with Crippen molar-refractivity contribution >= 4 is 5.97 Å². The molecule has 23 heavy (non-hydrogen) atoms. The molecule has 0 aliphatic heterocycles. The maximum absolute atomic E-state index is 11.9. The number of hydrogen-bond donors (Lipinski definition) is 0. The van der Waals surface area contributed by atoms with Crippen LogP contribution in [0.1, 0.15) is 24.5 Å². The zero-order chi connectivity index (χ0) is 16.5. The number of ether oxygens (including phenoxy) is 2. The summed E-state index contributed by atoms with van der Waals surface area (Å²) in [5, 5.41) is 8.73. The average Bonchev–Trinajstić information content (AvgIpc) is 2.60. The van der Waals surface area contributed by atoms with Crippen LogP contribution in [-0.2, 0) is 16.0 Å². The minimum atomic E-state index is -0.693. The molecule has 118 valence electrons. The van der Waals surface area contributed by atoms with E-state index in [1.54, 1.807) is 43.6 Å². The van der Waals surface area contributed by atoms with Crippen LogP contribution in [0.2, 0.25) is 0 Å². The van der Waals surface area contributed by atoms with Gasteiger partial charge in [0.2, 0.25) is 0 Å². The molecule has 1 heterocycles. The van der Waals surface area contributed by atoms with Crippen molar-refractivity contribution in [2.24, 2.45) is 0 Å². The third kappa shape index (κ3) is 5.44. The van der Waals surface area contributed by atoms with Gasteiger partial charge in [-0.3, -0.25) is 4.98 Å². The van der Waals surface area contributed by atoms with Crippen molar-refractivity contribution in [1.82, 2.24) is 4.98 Å². The van der Waals surface area contributed by atoms with Crippen LogP contribution in [0.5, 0.6) is 5.75 Å². The van der Waals surface area contributed by atoms with Gasteiger partial charge in [-0.25, -0.2) is 4.79 Å². The van der Waals surface area contributed by atoms with Crippen molar-refractivity contribution in [3.8, 4) is 11.8 Å². The molecule has 0 fully saturated rings. The molecule has 5 nitrogen and oxygen atoms in total. The molecular weight excluding hydrogens is 292 g/mol. The van der Waals surface area contributed by atoms with E-state index in [2.05, 4.69) is 4.98 Å². The van der Waals surface area contributed by atoms with Crippen LogP contribution in [0.3, 0.4) is 0 Å². The van der Waals surface area contributed by atoms with Gasteiger partial charge in [-0.15, -0.1) is 0 Å². The predicted molar refractivity (Wildman–Crippen MR) is 84.8 cm³/mol. The first-order chi connectivity index (χ1) is 11.2. The number of pyridine rings is 1. The van der Waals surface area contributed by atoms with Gasteiger partial charge >= 0.3 is 5.97 Å². The Morgan fingerprint density at radius 3 is 2.74 bits per heavy atom.